The molecule has 1 aliphatic rings. The topological polar surface area (TPSA) is 44.8 Å². The summed E-state index contributed by atoms with van der Waals surface area (Å²) < 4.78 is 14.8. The van der Waals surface area contributed by atoms with Crippen LogP contribution in [0.15, 0.2) is 48.8 Å². The van der Waals surface area contributed by atoms with E-state index in [1.165, 1.54) is 0 Å². The Bertz CT molecular complexity index is 1210. The maximum absolute atomic E-state index is 14.8. The van der Waals surface area contributed by atoms with E-state index in [4.69, 9.17) is 34.8 Å². The van der Waals surface area contributed by atoms with Gasteiger partial charge in [-0.1, -0.05) is 46.9 Å². The Balaban J connectivity index is 1.73. The van der Waals surface area contributed by atoms with Gasteiger partial charge in [-0.2, -0.15) is 0 Å². The van der Waals surface area contributed by atoms with Gasteiger partial charge in [0, 0.05) is 28.2 Å². The first kappa shape index (κ1) is 18.7. The van der Waals surface area contributed by atoms with Gasteiger partial charge in [-0.15, -0.1) is 0 Å². The Morgan fingerprint density at radius 1 is 0.966 bits per heavy atom. The summed E-state index contributed by atoms with van der Waals surface area (Å²) in [4.78, 5) is 14.3. The molecule has 4 nitrogen and oxygen atoms in total. The van der Waals surface area contributed by atoms with E-state index in [0.29, 0.717) is 34.3 Å². The largest absolute Gasteiger partial charge is 0.356 e. The quantitative estimate of drug-likeness (QED) is 0.397. The molecule has 146 valence electrons. The maximum atomic E-state index is 14.8. The van der Waals surface area contributed by atoms with Crippen LogP contribution in [0.5, 0.6) is 0 Å². The summed E-state index contributed by atoms with van der Waals surface area (Å²) in [6.07, 6.45) is 3.77. The van der Waals surface area contributed by atoms with Gasteiger partial charge in [0.1, 0.15) is 0 Å². The zero-order chi connectivity index (χ0) is 20.1. The molecule has 0 aliphatic carbocycles. The van der Waals surface area contributed by atoms with Gasteiger partial charge in [0.2, 0.25) is 5.95 Å². The lowest BCUT2D eigenvalue weighted by Gasteiger charge is -2.36. The van der Waals surface area contributed by atoms with Crippen molar-refractivity contribution in [3.05, 3.63) is 86.5 Å². The molecule has 0 spiro atoms. The molecule has 1 N–H and O–H groups in total. The van der Waals surface area contributed by atoms with E-state index in [0.717, 1.165) is 22.3 Å². The van der Waals surface area contributed by atoms with E-state index in [2.05, 4.69) is 19.9 Å². The van der Waals surface area contributed by atoms with Crippen molar-refractivity contribution >= 4 is 51.7 Å². The molecule has 4 aromatic rings. The average molecular weight is 448 g/mol. The van der Waals surface area contributed by atoms with Crippen molar-refractivity contribution in [3.63, 3.8) is 0 Å². The molecule has 0 radical (unpaired) electrons. The summed E-state index contributed by atoms with van der Waals surface area (Å²) in [5.74, 6) is 0.157. The van der Waals surface area contributed by atoms with Gasteiger partial charge < -0.3 is 9.88 Å². The predicted molar refractivity (Wildman–Crippen MR) is 115 cm³/mol. The van der Waals surface area contributed by atoms with E-state index in [-0.39, 0.29) is 11.1 Å². The molecule has 1 atom stereocenters. The van der Waals surface area contributed by atoms with Crippen LogP contribution in [-0.4, -0.2) is 21.5 Å². The molecular weight excluding hydrogens is 434 g/mol. The predicted octanol–water partition coefficient (Wildman–Crippen LogP) is 6.21. The Morgan fingerprint density at radius 3 is 2.41 bits per heavy atom. The number of nitrogens with one attached hydrogen (secondary N) is 1. The summed E-state index contributed by atoms with van der Waals surface area (Å²) in [6.45, 7) is 0.612. The highest BCUT2D eigenvalue weighted by atomic mass is 35.5. The number of hydrogen-bond donors (Lipinski definition) is 1. The second-order valence-electron chi connectivity index (χ2n) is 6.90. The number of H-pyrrole nitrogens is 1. The Kier molecular flexibility index (Phi) is 4.62. The second-order valence-corrected chi connectivity index (χ2v) is 8.18. The number of rotatable bonds is 2. The number of aromatic nitrogens is 3. The first-order chi connectivity index (χ1) is 14.0. The van der Waals surface area contributed by atoms with Crippen molar-refractivity contribution in [2.24, 2.45) is 0 Å². The van der Waals surface area contributed by atoms with E-state index in [1.54, 1.807) is 24.5 Å². The highest BCUT2D eigenvalue weighted by Crippen LogP contribution is 2.41. The van der Waals surface area contributed by atoms with Gasteiger partial charge >= 0.3 is 0 Å². The number of fused-ring (bicyclic) bond motifs is 3. The van der Waals surface area contributed by atoms with Crippen molar-refractivity contribution < 1.29 is 4.39 Å². The van der Waals surface area contributed by atoms with Crippen LogP contribution in [0.2, 0.25) is 15.1 Å². The summed E-state index contributed by atoms with van der Waals surface area (Å²) in [7, 11) is 0. The fraction of sp³-hybridized carbons (Fsp3) is 0.143. The number of anilines is 1. The SMILES string of the molecule is Fc1c(Cl)ccc2[nH]c3c(c12)CCN(c1ncc(Cl)cn1)C3c1ccc(Cl)cc1. The highest BCUT2D eigenvalue weighted by molar-refractivity contribution is 6.31. The molecule has 0 bridgehead atoms. The van der Waals surface area contributed by atoms with Crippen molar-refractivity contribution in [1.82, 2.24) is 15.0 Å². The first-order valence-electron chi connectivity index (χ1n) is 9.01. The van der Waals surface area contributed by atoms with Crippen LogP contribution in [0.25, 0.3) is 10.9 Å². The molecular formula is C21H14Cl3FN4. The van der Waals surface area contributed by atoms with Crippen LogP contribution < -0.4 is 4.90 Å². The molecule has 1 aliphatic heterocycles. The van der Waals surface area contributed by atoms with Gasteiger partial charge in [-0.25, -0.2) is 14.4 Å². The summed E-state index contributed by atoms with van der Waals surface area (Å²) >= 11 is 18.1. The molecule has 3 heterocycles. The molecule has 0 amide bonds. The monoisotopic (exact) mass is 446 g/mol. The zero-order valence-electron chi connectivity index (χ0n) is 15.0. The first-order valence-corrected chi connectivity index (χ1v) is 10.1. The minimum absolute atomic E-state index is 0.116. The van der Waals surface area contributed by atoms with Crippen LogP contribution in [0, 0.1) is 5.82 Å². The smallest absolute Gasteiger partial charge is 0.226 e. The summed E-state index contributed by atoms with van der Waals surface area (Å²) in [5, 5.41) is 1.78. The van der Waals surface area contributed by atoms with Crippen LogP contribution in [-0.2, 0) is 6.42 Å². The lowest BCUT2D eigenvalue weighted by molar-refractivity contribution is 0.619. The highest BCUT2D eigenvalue weighted by Gasteiger charge is 2.34. The van der Waals surface area contributed by atoms with E-state index in [9.17, 15) is 4.39 Å². The Morgan fingerprint density at radius 2 is 1.69 bits per heavy atom. The van der Waals surface area contributed by atoms with E-state index >= 15 is 0 Å². The van der Waals surface area contributed by atoms with E-state index in [1.807, 2.05) is 24.3 Å². The second kappa shape index (κ2) is 7.17. The fourth-order valence-electron chi connectivity index (χ4n) is 3.98. The number of nitrogens with zero attached hydrogens (tertiary/aromatic N) is 3. The molecule has 2 aromatic carbocycles. The standard InChI is InChI=1S/C21H14Cl3FN4/c22-12-3-1-11(2-4-12)20-19-14(17-16(28-19)6-5-15(24)18(17)25)7-8-29(20)21-26-9-13(23)10-27-21/h1-6,9-10,20,28H,7-8H2. The molecule has 5 rings (SSSR count). The third-order valence-electron chi connectivity index (χ3n) is 5.23. The number of aromatic amines is 1. The van der Waals surface area contributed by atoms with Gasteiger partial charge in [-0.05, 0) is 41.8 Å². The number of benzene rings is 2. The van der Waals surface area contributed by atoms with Crippen molar-refractivity contribution in [3.8, 4) is 0 Å². The molecule has 0 fully saturated rings. The van der Waals surface area contributed by atoms with Gasteiger partial charge in [0.05, 0.1) is 28.5 Å². The molecule has 0 saturated carbocycles. The Hall–Kier alpha value is -2.34. The normalized spacial score (nSPS) is 16.3. The lowest BCUT2D eigenvalue weighted by Crippen LogP contribution is -2.37. The van der Waals surface area contributed by atoms with Crippen molar-refractivity contribution in [2.75, 3.05) is 11.4 Å². The minimum Gasteiger partial charge on any atom is -0.356 e. The van der Waals surface area contributed by atoms with Crippen LogP contribution in [0.1, 0.15) is 22.9 Å². The van der Waals surface area contributed by atoms with Crippen LogP contribution in [0.3, 0.4) is 0 Å². The third kappa shape index (κ3) is 3.14. The Labute approximate surface area is 181 Å². The third-order valence-corrected chi connectivity index (χ3v) is 5.97. The molecule has 1 unspecified atom stereocenters. The molecule has 0 saturated heterocycles. The number of hydrogen-bond acceptors (Lipinski definition) is 3. The summed E-state index contributed by atoms with van der Waals surface area (Å²) in [5.41, 5.74) is 3.53. The van der Waals surface area contributed by atoms with Gasteiger partial charge in [-0.3, -0.25) is 0 Å². The fourth-order valence-corrected chi connectivity index (χ4v) is 4.36. The van der Waals surface area contributed by atoms with Crippen LogP contribution >= 0.6 is 34.8 Å². The van der Waals surface area contributed by atoms with Crippen molar-refractivity contribution in [1.29, 1.82) is 0 Å². The van der Waals surface area contributed by atoms with Crippen LogP contribution in [0.4, 0.5) is 10.3 Å². The van der Waals surface area contributed by atoms with Gasteiger partial charge in [0.15, 0.2) is 5.82 Å². The minimum atomic E-state index is -0.396. The van der Waals surface area contributed by atoms with Gasteiger partial charge in [0.25, 0.3) is 0 Å². The maximum Gasteiger partial charge on any atom is 0.226 e. The lowest BCUT2D eigenvalue weighted by atomic mass is 9.92. The molecule has 29 heavy (non-hydrogen) atoms. The van der Waals surface area contributed by atoms with E-state index < -0.39 is 5.82 Å². The zero-order valence-corrected chi connectivity index (χ0v) is 17.2. The summed E-state index contributed by atoms with van der Waals surface area (Å²) in [6, 6.07) is 10.7. The van der Waals surface area contributed by atoms with Crippen molar-refractivity contribution in [2.45, 2.75) is 12.5 Å². The number of halogens is 4. The molecule has 8 heteroatoms. The molecule has 2 aromatic heterocycles. The average Bonchev–Trinajstić information content (AvgIpc) is 3.11.